The van der Waals surface area contributed by atoms with Crippen molar-refractivity contribution in [3.63, 3.8) is 0 Å². The molecule has 8 heteroatoms. The normalized spacial score (nSPS) is 23.6. The van der Waals surface area contributed by atoms with Gasteiger partial charge < -0.3 is 15.0 Å². The van der Waals surface area contributed by atoms with Gasteiger partial charge in [-0.25, -0.2) is 17.6 Å². The molecular weight excluding hydrogens is 359 g/mol. The summed E-state index contributed by atoms with van der Waals surface area (Å²) >= 11 is 0. The van der Waals surface area contributed by atoms with Crippen molar-refractivity contribution in [3.8, 4) is 0 Å². The van der Waals surface area contributed by atoms with E-state index in [-0.39, 0.29) is 29.4 Å². The molecular formula is C18H25FN2O4S. The summed E-state index contributed by atoms with van der Waals surface area (Å²) < 4.78 is 41.6. The summed E-state index contributed by atoms with van der Waals surface area (Å²) in [5.74, 6) is 0.538. The van der Waals surface area contributed by atoms with Gasteiger partial charge in [0.05, 0.1) is 30.8 Å². The highest BCUT2D eigenvalue weighted by Crippen LogP contribution is 2.25. The minimum atomic E-state index is -2.85. The van der Waals surface area contributed by atoms with Gasteiger partial charge >= 0.3 is 6.03 Å². The Morgan fingerprint density at radius 2 is 1.92 bits per heavy atom. The molecule has 2 fully saturated rings. The van der Waals surface area contributed by atoms with Crippen molar-refractivity contribution in [2.24, 2.45) is 5.92 Å². The van der Waals surface area contributed by atoms with Gasteiger partial charge in [-0.3, -0.25) is 0 Å². The predicted octanol–water partition coefficient (Wildman–Crippen LogP) is 2.12. The maximum Gasteiger partial charge on any atom is 0.318 e. The van der Waals surface area contributed by atoms with E-state index >= 15 is 0 Å². The number of halogens is 1. The van der Waals surface area contributed by atoms with E-state index < -0.39 is 9.84 Å². The Hall–Kier alpha value is -1.67. The average molecular weight is 384 g/mol. The van der Waals surface area contributed by atoms with Crippen molar-refractivity contribution in [1.29, 1.82) is 0 Å². The Balaban J connectivity index is 1.51. The molecule has 2 heterocycles. The Labute approximate surface area is 153 Å². The molecule has 1 aromatic carbocycles. The van der Waals surface area contributed by atoms with Gasteiger partial charge in [0, 0.05) is 13.1 Å². The molecule has 2 aliphatic heterocycles. The fourth-order valence-electron chi connectivity index (χ4n) is 3.52. The topological polar surface area (TPSA) is 75.7 Å². The van der Waals surface area contributed by atoms with Crippen LogP contribution >= 0.6 is 0 Å². The van der Waals surface area contributed by atoms with E-state index in [9.17, 15) is 17.6 Å². The first kappa shape index (κ1) is 19.1. The van der Waals surface area contributed by atoms with Crippen LogP contribution in [0.5, 0.6) is 0 Å². The zero-order valence-electron chi connectivity index (χ0n) is 14.7. The first-order valence-corrected chi connectivity index (χ1v) is 10.8. The number of carbonyl (C=O) groups excluding carboxylic acids is 1. The van der Waals surface area contributed by atoms with Crippen molar-refractivity contribution in [2.45, 2.75) is 25.3 Å². The predicted molar refractivity (Wildman–Crippen MR) is 96.1 cm³/mol. The Kier molecular flexibility index (Phi) is 6.13. The molecule has 26 heavy (non-hydrogen) atoms. The number of ether oxygens (including phenoxy) is 1. The molecule has 0 aliphatic carbocycles. The molecule has 6 nitrogen and oxygen atoms in total. The van der Waals surface area contributed by atoms with E-state index in [4.69, 9.17) is 4.74 Å². The highest BCUT2D eigenvalue weighted by molar-refractivity contribution is 7.91. The highest BCUT2D eigenvalue weighted by Gasteiger charge is 2.29. The van der Waals surface area contributed by atoms with E-state index in [0.717, 1.165) is 12.0 Å². The number of hydrogen-bond donors (Lipinski definition) is 1. The Morgan fingerprint density at radius 3 is 2.62 bits per heavy atom. The summed E-state index contributed by atoms with van der Waals surface area (Å²) in [6, 6.07) is 5.73. The van der Waals surface area contributed by atoms with Gasteiger partial charge in [0.2, 0.25) is 0 Å². The lowest BCUT2D eigenvalue weighted by Gasteiger charge is -2.36. The van der Waals surface area contributed by atoms with Crippen LogP contribution in [-0.4, -0.2) is 57.2 Å². The quantitative estimate of drug-likeness (QED) is 0.863. The van der Waals surface area contributed by atoms with Crippen LogP contribution in [0.15, 0.2) is 24.3 Å². The van der Waals surface area contributed by atoms with Gasteiger partial charge in [0.15, 0.2) is 0 Å². The molecule has 0 saturated carbocycles. The fourth-order valence-corrected chi connectivity index (χ4v) is 5.11. The lowest BCUT2D eigenvalue weighted by atomic mass is 9.99. The largest absolute Gasteiger partial charge is 0.377 e. The van der Waals surface area contributed by atoms with E-state index in [1.165, 1.54) is 12.1 Å². The first-order valence-electron chi connectivity index (χ1n) is 9.03. The smallest absolute Gasteiger partial charge is 0.318 e. The molecule has 1 aromatic rings. The second-order valence-electron chi connectivity index (χ2n) is 6.95. The molecule has 1 N–H and O–H groups in total. The van der Waals surface area contributed by atoms with Gasteiger partial charge in [0.1, 0.15) is 15.7 Å². The Bertz CT molecular complexity index is 709. The minimum absolute atomic E-state index is 0.161. The average Bonchev–Trinajstić information content (AvgIpc) is 2.64. The molecule has 3 rings (SSSR count). The summed E-state index contributed by atoms with van der Waals surface area (Å²) in [5, 5.41) is 2.94. The summed E-state index contributed by atoms with van der Waals surface area (Å²) in [6.45, 7) is 1.87. The van der Waals surface area contributed by atoms with Crippen LogP contribution in [0.1, 0.15) is 30.9 Å². The van der Waals surface area contributed by atoms with Crippen LogP contribution in [0.4, 0.5) is 9.18 Å². The van der Waals surface area contributed by atoms with Gasteiger partial charge in [-0.2, -0.15) is 0 Å². The number of hydrogen-bond acceptors (Lipinski definition) is 4. The molecule has 2 aliphatic rings. The Morgan fingerprint density at radius 1 is 1.23 bits per heavy atom. The van der Waals surface area contributed by atoms with Gasteiger partial charge in [-0.1, -0.05) is 12.1 Å². The highest BCUT2D eigenvalue weighted by atomic mass is 32.2. The van der Waals surface area contributed by atoms with Crippen molar-refractivity contribution >= 4 is 15.9 Å². The van der Waals surface area contributed by atoms with Crippen LogP contribution in [0.2, 0.25) is 0 Å². The van der Waals surface area contributed by atoms with E-state index in [1.54, 1.807) is 17.0 Å². The number of benzene rings is 1. The number of urea groups is 1. The molecule has 1 unspecified atom stereocenters. The van der Waals surface area contributed by atoms with Gasteiger partial charge in [-0.15, -0.1) is 0 Å². The van der Waals surface area contributed by atoms with Crippen LogP contribution in [0, 0.1) is 11.7 Å². The van der Waals surface area contributed by atoms with Crippen LogP contribution in [-0.2, 0) is 14.6 Å². The lowest BCUT2D eigenvalue weighted by molar-refractivity contribution is 0.0116. The van der Waals surface area contributed by atoms with Crippen molar-refractivity contribution in [2.75, 3.05) is 37.8 Å². The third kappa shape index (κ3) is 4.94. The molecule has 0 spiro atoms. The molecule has 144 valence electrons. The number of rotatable bonds is 4. The van der Waals surface area contributed by atoms with Crippen LogP contribution in [0.25, 0.3) is 0 Å². The zero-order chi connectivity index (χ0) is 18.6. The number of amides is 2. The first-order chi connectivity index (χ1) is 12.4. The molecule has 2 saturated heterocycles. The molecule has 0 radical (unpaired) electrons. The number of carbonyl (C=O) groups is 1. The number of morpholine rings is 1. The van der Waals surface area contributed by atoms with Gasteiger partial charge in [0.25, 0.3) is 0 Å². The summed E-state index contributed by atoms with van der Waals surface area (Å²) in [6.07, 6.45) is 2.13. The molecule has 0 bridgehead atoms. The fraction of sp³-hybridized carbons (Fsp3) is 0.611. The third-order valence-electron chi connectivity index (χ3n) is 5.15. The number of nitrogens with one attached hydrogen (secondary N) is 1. The zero-order valence-corrected chi connectivity index (χ0v) is 15.5. The maximum absolute atomic E-state index is 13.1. The SMILES string of the molecule is O=C(NCCC1CCS(=O)(=O)CC1)N1CCOCC1c1ccc(F)cc1. The van der Waals surface area contributed by atoms with E-state index in [2.05, 4.69) is 5.32 Å². The number of nitrogens with zero attached hydrogens (tertiary/aromatic N) is 1. The summed E-state index contributed by atoms with van der Waals surface area (Å²) in [5.41, 5.74) is 0.846. The van der Waals surface area contributed by atoms with Crippen molar-refractivity contribution in [1.82, 2.24) is 10.2 Å². The minimum Gasteiger partial charge on any atom is -0.377 e. The van der Waals surface area contributed by atoms with E-state index in [1.807, 2.05) is 0 Å². The molecule has 1 atom stereocenters. The van der Waals surface area contributed by atoms with Crippen molar-refractivity contribution < 1.29 is 22.3 Å². The maximum atomic E-state index is 13.1. The third-order valence-corrected chi connectivity index (χ3v) is 6.86. The second-order valence-corrected chi connectivity index (χ2v) is 9.26. The number of sulfone groups is 1. The summed E-state index contributed by atoms with van der Waals surface area (Å²) in [7, 11) is -2.85. The summed E-state index contributed by atoms with van der Waals surface area (Å²) in [4.78, 5) is 14.3. The lowest BCUT2D eigenvalue weighted by Crippen LogP contribution is -2.48. The standard InChI is InChI=1S/C18H25FN2O4S/c19-16-3-1-15(2-4-16)17-13-25-10-9-21(17)18(22)20-8-5-14-6-11-26(23,24)12-7-14/h1-4,14,17H,5-13H2,(H,20,22). The van der Waals surface area contributed by atoms with Crippen molar-refractivity contribution in [3.05, 3.63) is 35.6 Å². The van der Waals surface area contributed by atoms with Crippen LogP contribution in [0.3, 0.4) is 0 Å². The van der Waals surface area contributed by atoms with Gasteiger partial charge in [-0.05, 0) is 42.9 Å². The molecule has 0 aromatic heterocycles. The van der Waals surface area contributed by atoms with E-state index in [0.29, 0.717) is 45.1 Å². The van der Waals surface area contributed by atoms with Crippen LogP contribution < -0.4 is 5.32 Å². The molecule has 2 amide bonds. The monoisotopic (exact) mass is 384 g/mol. The second kappa shape index (κ2) is 8.35.